The van der Waals surface area contributed by atoms with E-state index in [0.717, 1.165) is 5.56 Å². The van der Waals surface area contributed by atoms with Crippen molar-refractivity contribution in [3.8, 4) is 0 Å². The molecule has 3 heterocycles. The summed E-state index contributed by atoms with van der Waals surface area (Å²) in [7, 11) is 0. The normalized spacial score (nSPS) is 18.4. The first-order valence-corrected chi connectivity index (χ1v) is 11.5. The van der Waals surface area contributed by atoms with E-state index in [0.29, 0.717) is 55.6 Å². The Labute approximate surface area is 203 Å². The molecule has 2 fully saturated rings. The van der Waals surface area contributed by atoms with Gasteiger partial charge in [-0.25, -0.2) is 9.18 Å². The number of benzene rings is 1. The molecule has 1 N–H and O–H groups in total. The van der Waals surface area contributed by atoms with Gasteiger partial charge in [0.05, 0.1) is 29.5 Å². The van der Waals surface area contributed by atoms with Crippen LogP contribution in [0.4, 0.5) is 20.6 Å². The number of anilines is 2. The van der Waals surface area contributed by atoms with Crippen LogP contribution in [0.15, 0.2) is 48.8 Å². The van der Waals surface area contributed by atoms with Gasteiger partial charge in [0, 0.05) is 44.6 Å². The highest BCUT2D eigenvalue weighted by atomic mass is 32.1. The maximum Gasteiger partial charge on any atom is 0.414 e. The van der Waals surface area contributed by atoms with Gasteiger partial charge in [-0.15, -0.1) is 0 Å². The van der Waals surface area contributed by atoms with E-state index in [1.54, 1.807) is 42.4 Å². The van der Waals surface area contributed by atoms with Crippen LogP contribution >= 0.6 is 12.2 Å². The average molecular weight is 484 g/mol. The van der Waals surface area contributed by atoms with Crippen LogP contribution in [0.1, 0.15) is 12.5 Å². The minimum atomic E-state index is -0.507. The number of ether oxygens (including phenoxy) is 1. The number of thiocarbonyl (C=S) groups is 1. The molecule has 0 radical (unpaired) electrons. The Balaban J connectivity index is 1.33. The van der Waals surface area contributed by atoms with E-state index in [1.807, 2.05) is 17.0 Å². The Hall–Kier alpha value is -3.53. The number of nitrogens with one attached hydrogen (secondary N) is 1. The molecule has 178 valence electrons. The first-order valence-electron chi connectivity index (χ1n) is 11.0. The molecule has 0 bridgehead atoms. The number of aromatic nitrogens is 1. The van der Waals surface area contributed by atoms with Gasteiger partial charge in [-0.1, -0.05) is 18.3 Å². The summed E-state index contributed by atoms with van der Waals surface area (Å²) >= 11 is 4.98. The Kier molecular flexibility index (Phi) is 7.36. The molecule has 10 heteroatoms. The minimum Gasteiger partial charge on any atom is -0.442 e. The van der Waals surface area contributed by atoms with Crippen LogP contribution in [0.2, 0.25) is 0 Å². The van der Waals surface area contributed by atoms with Crippen molar-refractivity contribution in [1.29, 1.82) is 0 Å². The van der Waals surface area contributed by atoms with Gasteiger partial charge in [-0.05, 0) is 42.8 Å². The van der Waals surface area contributed by atoms with Crippen molar-refractivity contribution >= 4 is 46.7 Å². The van der Waals surface area contributed by atoms with Crippen molar-refractivity contribution in [2.45, 2.75) is 13.0 Å². The van der Waals surface area contributed by atoms with Crippen LogP contribution in [0.25, 0.3) is 6.08 Å². The number of hydrogen-bond donors (Lipinski definition) is 1. The maximum absolute atomic E-state index is 15.0. The first-order chi connectivity index (χ1) is 16.4. The van der Waals surface area contributed by atoms with Crippen molar-refractivity contribution in [1.82, 2.24) is 15.2 Å². The molecule has 1 atom stereocenters. The first kappa shape index (κ1) is 23.6. The lowest BCUT2D eigenvalue weighted by atomic mass is 10.2. The van der Waals surface area contributed by atoms with Gasteiger partial charge in [-0.2, -0.15) is 0 Å². The van der Waals surface area contributed by atoms with Gasteiger partial charge in [0.15, 0.2) is 0 Å². The number of piperazine rings is 1. The summed E-state index contributed by atoms with van der Waals surface area (Å²) in [5.41, 5.74) is 1.75. The van der Waals surface area contributed by atoms with Crippen LogP contribution in [0.3, 0.4) is 0 Å². The summed E-state index contributed by atoms with van der Waals surface area (Å²) in [6.45, 7) is 4.50. The predicted molar refractivity (Wildman–Crippen MR) is 132 cm³/mol. The molecule has 2 aromatic rings. The van der Waals surface area contributed by atoms with E-state index >= 15 is 0 Å². The summed E-state index contributed by atoms with van der Waals surface area (Å²) in [6, 6.07) is 8.43. The Morgan fingerprint density at radius 2 is 2.09 bits per heavy atom. The number of rotatable bonds is 6. The van der Waals surface area contributed by atoms with Gasteiger partial charge in [-0.3, -0.25) is 14.7 Å². The highest BCUT2D eigenvalue weighted by Crippen LogP contribution is 2.28. The molecular weight excluding hydrogens is 457 g/mol. The Morgan fingerprint density at radius 1 is 1.29 bits per heavy atom. The average Bonchev–Trinajstić information content (AvgIpc) is 3.22. The molecule has 0 spiro atoms. The second-order valence-electron chi connectivity index (χ2n) is 8.12. The fourth-order valence-corrected chi connectivity index (χ4v) is 4.01. The van der Waals surface area contributed by atoms with Gasteiger partial charge >= 0.3 is 6.09 Å². The van der Waals surface area contributed by atoms with Crippen molar-refractivity contribution in [3.05, 3.63) is 60.2 Å². The van der Waals surface area contributed by atoms with E-state index in [1.165, 1.54) is 17.0 Å². The van der Waals surface area contributed by atoms with Gasteiger partial charge in [0.2, 0.25) is 5.91 Å². The topological polar surface area (TPSA) is 78.0 Å². The third kappa shape index (κ3) is 5.69. The van der Waals surface area contributed by atoms with Gasteiger partial charge < -0.3 is 19.9 Å². The van der Waals surface area contributed by atoms with Crippen LogP contribution in [0.5, 0.6) is 0 Å². The molecule has 2 aliphatic heterocycles. The van der Waals surface area contributed by atoms with Gasteiger partial charge in [0.25, 0.3) is 0 Å². The predicted octanol–water partition coefficient (Wildman–Crippen LogP) is 2.84. The molecule has 2 aliphatic rings. The summed E-state index contributed by atoms with van der Waals surface area (Å²) in [4.78, 5) is 34.4. The molecule has 2 saturated heterocycles. The lowest BCUT2D eigenvalue weighted by Crippen LogP contribution is -2.48. The Bertz CT molecular complexity index is 1090. The van der Waals surface area contributed by atoms with Crippen molar-refractivity contribution in [3.63, 3.8) is 0 Å². The maximum atomic E-state index is 15.0. The van der Waals surface area contributed by atoms with Crippen molar-refractivity contribution in [2.75, 3.05) is 49.1 Å². The lowest BCUT2D eigenvalue weighted by molar-refractivity contribution is -0.126. The molecule has 1 aromatic carbocycles. The number of pyridine rings is 1. The molecular formula is C24H26FN5O3S. The number of carbonyl (C=O) groups excluding carboxylic acids is 2. The van der Waals surface area contributed by atoms with E-state index in [9.17, 15) is 14.0 Å². The summed E-state index contributed by atoms with van der Waals surface area (Å²) in [5, 5.41) is 2.98. The van der Waals surface area contributed by atoms with Crippen LogP contribution < -0.4 is 15.1 Å². The zero-order valence-electron chi connectivity index (χ0n) is 18.8. The monoisotopic (exact) mass is 483 g/mol. The summed E-state index contributed by atoms with van der Waals surface area (Å²) < 4.78 is 20.3. The number of nitrogens with zero attached hydrogens (tertiary/aromatic N) is 4. The number of cyclic esters (lactones) is 1. The molecule has 1 aromatic heterocycles. The number of halogens is 1. The molecule has 8 nitrogen and oxygen atoms in total. The zero-order valence-corrected chi connectivity index (χ0v) is 19.6. The zero-order chi connectivity index (χ0) is 24.1. The van der Waals surface area contributed by atoms with Crippen LogP contribution in [-0.2, 0) is 9.53 Å². The van der Waals surface area contributed by atoms with Crippen molar-refractivity contribution in [2.24, 2.45) is 0 Å². The summed E-state index contributed by atoms with van der Waals surface area (Å²) in [6.07, 6.45) is 5.78. The molecule has 2 amide bonds. The SMILES string of the molecule is CC(=S)NC[C@H]1CN(c2ccc(N3CCN(C(=O)/C=C/c4cccnc4)CC3)c(F)c2)C(=O)O1. The highest BCUT2D eigenvalue weighted by Gasteiger charge is 2.33. The molecule has 34 heavy (non-hydrogen) atoms. The minimum absolute atomic E-state index is 0.0836. The van der Waals surface area contributed by atoms with E-state index < -0.39 is 11.9 Å². The van der Waals surface area contributed by atoms with E-state index in [-0.39, 0.29) is 12.0 Å². The molecule has 0 aliphatic carbocycles. The summed E-state index contributed by atoms with van der Waals surface area (Å²) in [5.74, 6) is -0.502. The van der Waals surface area contributed by atoms with Gasteiger partial charge in [0.1, 0.15) is 11.9 Å². The second-order valence-corrected chi connectivity index (χ2v) is 8.73. The largest absolute Gasteiger partial charge is 0.442 e. The molecule has 0 saturated carbocycles. The third-order valence-corrected chi connectivity index (χ3v) is 5.87. The fourth-order valence-electron chi connectivity index (χ4n) is 3.93. The van der Waals surface area contributed by atoms with E-state index in [2.05, 4.69) is 10.3 Å². The van der Waals surface area contributed by atoms with Crippen LogP contribution in [-0.4, -0.2) is 72.2 Å². The number of carbonyl (C=O) groups is 2. The standard InChI is InChI=1S/C24H26FN5O3S/c1-17(34)27-15-20-16-30(24(32)33-20)19-5-6-22(21(25)13-19)28-9-11-29(12-10-28)23(31)7-4-18-3-2-8-26-14-18/h2-8,13-14,20H,9-12,15-16H2,1H3,(H,27,34)/b7-4+/t20-/m0/s1. The Morgan fingerprint density at radius 3 is 2.76 bits per heavy atom. The second kappa shape index (κ2) is 10.6. The number of hydrogen-bond acceptors (Lipinski definition) is 6. The fraction of sp³-hybridized carbons (Fsp3) is 0.333. The third-order valence-electron chi connectivity index (χ3n) is 5.73. The lowest BCUT2D eigenvalue weighted by Gasteiger charge is -2.36. The quantitative estimate of drug-likeness (QED) is 0.500. The smallest absolute Gasteiger partial charge is 0.414 e. The highest BCUT2D eigenvalue weighted by molar-refractivity contribution is 7.80. The van der Waals surface area contributed by atoms with Crippen LogP contribution in [0, 0.1) is 5.82 Å². The number of amides is 2. The van der Waals surface area contributed by atoms with Crippen molar-refractivity contribution < 1.29 is 18.7 Å². The molecule has 4 rings (SSSR count). The van der Waals surface area contributed by atoms with E-state index in [4.69, 9.17) is 17.0 Å². The molecule has 0 unspecified atom stereocenters.